The molecule has 2 aromatic heterocycles. The largest absolute Gasteiger partial charge is 0.376 e. The van der Waals surface area contributed by atoms with E-state index in [1.54, 1.807) is 30.6 Å². The van der Waals surface area contributed by atoms with Crippen LogP contribution in [0.15, 0.2) is 58.8 Å². The lowest BCUT2D eigenvalue weighted by Crippen LogP contribution is -2.50. The Labute approximate surface area is 223 Å². The second-order valence-electron chi connectivity index (χ2n) is 9.11. The summed E-state index contributed by atoms with van der Waals surface area (Å²) in [7, 11) is 0. The first-order valence-electron chi connectivity index (χ1n) is 11.7. The number of rotatable bonds is 5. The van der Waals surface area contributed by atoms with Crippen LogP contribution in [-0.2, 0) is 4.74 Å². The Morgan fingerprint density at radius 1 is 1.17 bits per heavy atom. The second-order valence-corrected chi connectivity index (χ2v) is 11.0. The van der Waals surface area contributed by atoms with Crippen molar-refractivity contribution < 1.29 is 9.53 Å². The number of carbonyl (C=O) groups excluding carboxylic acids is 1. The molecule has 0 unspecified atom stereocenters. The quantitative estimate of drug-likeness (QED) is 0.466. The molecule has 5 rings (SSSR count). The maximum absolute atomic E-state index is 12.6. The van der Waals surface area contributed by atoms with Gasteiger partial charge in [0.2, 0.25) is 0 Å². The number of hydrogen-bond acceptors (Lipinski definition) is 8. The molecule has 2 fully saturated rings. The van der Waals surface area contributed by atoms with Gasteiger partial charge in [0.1, 0.15) is 16.5 Å². The number of carbonyl (C=O) groups is 1. The lowest BCUT2D eigenvalue weighted by Gasteiger charge is -2.41. The van der Waals surface area contributed by atoms with Gasteiger partial charge in [0.15, 0.2) is 0 Å². The summed E-state index contributed by atoms with van der Waals surface area (Å²) in [5.74, 6) is 0.408. The number of nitrogens with zero attached hydrogens (tertiary/aromatic N) is 4. The highest BCUT2D eigenvalue weighted by atomic mass is 35.5. The van der Waals surface area contributed by atoms with E-state index in [9.17, 15) is 4.79 Å². The molecule has 2 saturated heterocycles. The number of amides is 1. The third-order valence-corrected chi connectivity index (χ3v) is 8.75. The zero-order valence-electron chi connectivity index (χ0n) is 19.7. The van der Waals surface area contributed by atoms with E-state index < -0.39 is 5.91 Å². The third kappa shape index (κ3) is 5.03. The maximum atomic E-state index is 12.6. The molecule has 0 saturated carbocycles. The molecule has 2 aliphatic heterocycles. The molecule has 3 N–H and O–H groups in total. The summed E-state index contributed by atoms with van der Waals surface area (Å²) < 4.78 is 5.82. The average Bonchev–Trinajstić information content (AvgIpc) is 3.16. The molecule has 0 radical (unpaired) electrons. The van der Waals surface area contributed by atoms with E-state index in [0.29, 0.717) is 15.7 Å². The van der Waals surface area contributed by atoms with Crippen LogP contribution >= 0.6 is 35.0 Å². The zero-order chi connectivity index (χ0) is 25.3. The van der Waals surface area contributed by atoms with E-state index in [0.717, 1.165) is 43.3 Å². The summed E-state index contributed by atoms with van der Waals surface area (Å²) in [6, 6.07) is 8.76. The molecule has 11 heteroatoms. The lowest BCUT2D eigenvalue weighted by molar-refractivity contribution is 0.0974. The van der Waals surface area contributed by atoms with Crippen LogP contribution in [0, 0.1) is 5.41 Å². The van der Waals surface area contributed by atoms with Gasteiger partial charge in [-0.1, -0.05) is 41.0 Å². The monoisotopic (exact) mass is 544 g/mol. The fourth-order valence-corrected chi connectivity index (χ4v) is 5.99. The highest BCUT2D eigenvalue weighted by Gasteiger charge is 2.47. The van der Waals surface area contributed by atoms with Gasteiger partial charge in [0.25, 0.3) is 5.91 Å². The van der Waals surface area contributed by atoms with E-state index in [-0.39, 0.29) is 28.3 Å². The minimum absolute atomic E-state index is 0.0677. The van der Waals surface area contributed by atoms with Crippen molar-refractivity contribution in [3.05, 3.63) is 64.7 Å². The van der Waals surface area contributed by atoms with Gasteiger partial charge in [-0.15, -0.1) is 0 Å². The molecule has 1 amide bonds. The molecule has 2 atom stereocenters. The van der Waals surface area contributed by atoms with Gasteiger partial charge in [-0.2, -0.15) is 0 Å². The van der Waals surface area contributed by atoms with Gasteiger partial charge >= 0.3 is 0 Å². The van der Waals surface area contributed by atoms with Crippen molar-refractivity contribution in [3.8, 4) is 0 Å². The van der Waals surface area contributed by atoms with E-state index >= 15 is 0 Å². The van der Waals surface area contributed by atoms with Gasteiger partial charge in [0, 0.05) is 35.6 Å². The number of halogens is 2. The van der Waals surface area contributed by atoms with Crippen LogP contribution in [0.1, 0.15) is 30.3 Å². The molecular weight excluding hydrogens is 519 g/mol. The van der Waals surface area contributed by atoms with Crippen LogP contribution in [-0.4, -0.2) is 52.7 Å². The standard InChI is InChI=1S/C25H26Cl2N6O2S/c1-15-23(28)25(14-35-15)7-10-33(11-8-25)19-12-31-20(13-30-19)36-18-6-2-5-17(21(18)27)32-24(34)22-16(26)4-3-9-29-22/h2-6,9,12-13,15,23H,7-8,10-11,14,28H2,1H3,(H,32,34)/t15-,23+/m0/s1. The van der Waals surface area contributed by atoms with Gasteiger partial charge < -0.3 is 20.7 Å². The van der Waals surface area contributed by atoms with E-state index in [2.05, 4.69) is 32.1 Å². The SMILES string of the molecule is C[C@@H]1OCC2(CCN(c3cnc(Sc4cccc(NC(=O)c5ncccc5Cl)c4Cl)cn3)CC2)[C@@H]1N. The summed E-state index contributed by atoms with van der Waals surface area (Å²) in [5, 5.41) is 4.15. The number of aromatic nitrogens is 3. The van der Waals surface area contributed by atoms with Crippen LogP contribution < -0.4 is 16.0 Å². The first kappa shape index (κ1) is 25.2. The number of pyridine rings is 1. The normalized spacial score (nSPS) is 21.1. The van der Waals surface area contributed by atoms with E-state index in [4.69, 9.17) is 33.7 Å². The van der Waals surface area contributed by atoms with E-state index in [1.165, 1.54) is 18.0 Å². The number of nitrogens with one attached hydrogen (secondary N) is 1. The highest BCUT2D eigenvalue weighted by Crippen LogP contribution is 2.42. The Bertz CT molecular complexity index is 1250. The summed E-state index contributed by atoms with van der Waals surface area (Å²) in [4.78, 5) is 28.9. The van der Waals surface area contributed by atoms with Crippen LogP contribution in [0.3, 0.4) is 0 Å². The van der Waals surface area contributed by atoms with Crippen molar-refractivity contribution >= 4 is 52.4 Å². The summed E-state index contributed by atoms with van der Waals surface area (Å²) >= 11 is 14.1. The second kappa shape index (κ2) is 10.5. The number of benzene rings is 1. The molecule has 188 valence electrons. The molecule has 1 spiro atoms. The van der Waals surface area contributed by atoms with Gasteiger partial charge in [0.05, 0.1) is 40.8 Å². The lowest BCUT2D eigenvalue weighted by atomic mass is 9.73. The number of ether oxygens (including phenoxy) is 1. The fraction of sp³-hybridized carbons (Fsp3) is 0.360. The Hall–Kier alpha value is -2.43. The van der Waals surface area contributed by atoms with Crippen molar-refractivity contribution in [2.45, 2.75) is 41.8 Å². The number of hydrogen-bond donors (Lipinski definition) is 2. The minimum Gasteiger partial charge on any atom is -0.376 e. The van der Waals surface area contributed by atoms with Gasteiger partial charge in [-0.05, 0) is 44.0 Å². The predicted molar refractivity (Wildman–Crippen MR) is 142 cm³/mol. The Morgan fingerprint density at radius 2 is 1.97 bits per heavy atom. The molecule has 8 nitrogen and oxygen atoms in total. The van der Waals surface area contributed by atoms with Crippen molar-refractivity contribution in [1.29, 1.82) is 0 Å². The molecule has 36 heavy (non-hydrogen) atoms. The first-order chi connectivity index (χ1) is 17.4. The highest BCUT2D eigenvalue weighted by molar-refractivity contribution is 7.99. The van der Waals surface area contributed by atoms with Gasteiger partial charge in [-0.25, -0.2) is 15.0 Å². The van der Waals surface area contributed by atoms with Crippen LogP contribution in [0.5, 0.6) is 0 Å². The summed E-state index contributed by atoms with van der Waals surface area (Å²) in [6.07, 6.45) is 7.11. The summed E-state index contributed by atoms with van der Waals surface area (Å²) in [6.45, 7) is 4.54. The number of piperidine rings is 1. The van der Waals surface area contributed by atoms with E-state index in [1.807, 2.05) is 12.1 Å². The van der Waals surface area contributed by atoms with Gasteiger partial charge in [-0.3, -0.25) is 4.79 Å². The van der Waals surface area contributed by atoms with Crippen molar-refractivity contribution in [2.75, 3.05) is 29.9 Å². The van der Waals surface area contributed by atoms with Crippen molar-refractivity contribution in [3.63, 3.8) is 0 Å². The molecule has 0 aliphatic carbocycles. The van der Waals surface area contributed by atoms with Crippen LogP contribution in [0.25, 0.3) is 0 Å². The van der Waals surface area contributed by atoms with Crippen molar-refractivity contribution in [1.82, 2.24) is 15.0 Å². The molecule has 2 aliphatic rings. The fourth-order valence-electron chi connectivity index (χ4n) is 4.71. The first-order valence-corrected chi connectivity index (χ1v) is 13.3. The third-order valence-electron chi connectivity index (χ3n) is 6.94. The average molecular weight is 545 g/mol. The molecule has 1 aromatic carbocycles. The number of nitrogens with two attached hydrogens (primary N) is 1. The van der Waals surface area contributed by atoms with Crippen LogP contribution in [0.4, 0.5) is 11.5 Å². The predicted octanol–water partition coefficient (Wildman–Crippen LogP) is 4.91. The molecule has 3 aromatic rings. The molecular formula is C25H26Cl2N6O2S. The Kier molecular flexibility index (Phi) is 7.37. The molecule has 0 bridgehead atoms. The Balaban J connectivity index is 1.23. The van der Waals surface area contributed by atoms with Crippen LogP contribution in [0.2, 0.25) is 10.0 Å². The topological polar surface area (TPSA) is 106 Å². The van der Waals surface area contributed by atoms with Crippen molar-refractivity contribution in [2.24, 2.45) is 11.1 Å². The zero-order valence-corrected chi connectivity index (χ0v) is 22.0. The minimum atomic E-state index is -0.434. The number of anilines is 2. The molecule has 4 heterocycles. The maximum Gasteiger partial charge on any atom is 0.275 e. The summed E-state index contributed by atoms with van der Waals surface area (Å²) in [5.41, 5.74) is 7.10. The smallest absolute Gasteiger partial charge is 0.275 e. The Morgan fingerprint density at radius 3 is 2.64 bits per heavy atom.